The summed E-state index contributed by atoms with van der Waals surface area (Å²) in [5, 5.41) is 12.1. The van der Waals surface area contributed by atoms with E-state index in [1.165, 1.54) is 21.3 Å². The topological polar surface area (TPSA) is 167 Å². The second kappa shape index (κ2) is 11.0. The number of amides is 1. The van der Waals surface area contributed by atoms with E-state index < -0.39 is 23.1 Å². The fraction of sp³-hybridized carbons (Fsp3) is 0.619. The second-order valence-electron chi connectivity index (χ2n) is 8.77. The van der Waals surface area contributed by atoms with Gasteiger partial charge < -0.3 is 15.7 Å². The van der Waals surface area contributed by atoms with Gasteiger partial charge in [0.05, 0.1) is 6.34 Å². The van der Waals surface area contributed by atoms with Crippen LogP contribution in [0.15, 0.2) is 31.0 Å². The number of rotatable bonds is 9. The van der Waals surface area contributed by atoms with Crippen molar-refractivity contribution in [3.8, 4) is 0 Å². The first-order valence-corrected chi connectivity index (χ1v) is 13.5. The summed E-state index contributed by atoms with van der Waals surface area (Å²) in [5.74, 6) is -0.190. The number of β-lactam (4-membered cyclic amide) rings is 1. The number of nitrogens with one attached hydrogen (secondary N) is 1. The van der Waals surface area contributed by atoms with E-state index in [0.717, 1.165) is 57.1 Å². The highest BCUT2D eigenvalue weighted by Crippen LogP contribution is 2.42. The highest BCUT2D eigenvalue weighted by atomic mass is 32.2. The van der Waals surface area contributed by atoms with Crippen molar-refractivity contribution >= 4 is 41.7 Å². The number of piperidine rings is 1. The lowest BCUT2D eigenvalue weighted by Gasteiger charge is -2.48. The van der Waals surface area contributed by atoms with Gasteiger partial charge in [-0.25, -0.2) is 4.79 Å². The van der Waals surface area contributed by atoms with Gasteiger partial charge in [-0.05, 0) is 43.7 Å². The van der Waals surface area contributed by atoms with Crippen LogP contribution in [-0.2, 0) is 16.6 Å². The Morgan fingerprint density at radius 3 is 2.77 bits per heavy atom. The number of hydrogen-bond acceptors (Lipinski definition) is 9. The molecule has 0 aliphatic carbocycles. The SMILES string of the molecule is Cn1[nH]c(=O)c(=O)nc1SCC1=C(C(=O)O)N2C(=O)C(/N=C/N3CCC(CCCN)CC3)[C@H]2SC1. The Morgan fingerprint density at radius 1 is 1.34 bits per heavy atom. The van der Waals surface area contributed by atoms with Crippen LogP contribution in [0, 0.1) is 5.92 Å². The summed E-state index contributed by atoms with van der Waals surface area (Å²) in [4.78, 5) is 59.6. The quantitative estimate of drug-likeness (QED) is 0.128. The van der Waals surface area contributed by atoms with Crippen molar-refractivity contribution in [1.29, 1.82) is 0 Å². The van der Waals surface area contributed by atoms with Crippen molar-refractivity contribution in [1.82, 2.24) is 24.6 Å². The number of carbonyl (C=O) groups excluding carboxylic acids is 1. The smallest absolute Gasteiger partial charge is 0.352 e. The predicted octanol–water partition coefficient (Wildman–Crippen LogP) is -0.338. The average molecular weight is 524 g/mol. The number of aliphatic carboxylic acids is 1. The third kappa shape index (κ3) is 5.48. The molecule has 12 nitrogen and oxygen atoms in total. The Bertz CT molecular complexity index is 1160. The number of aliphatic imine (C=N–C) groups is 1. The molecule has 4 heterocycles. The van der Waals surface area contributed by atoms with E-state index in [9.17, 15) is 24.3 Å². The Kier molecular flexibility index (Phi) is 8.02. The summed E-state index contributed by atoms with van der Waals surface area (Å²) in [6, 6.07) is -0.597. The Balaban J connectivity index is 1.40. The van der Waals surface area contributed by atoms with Crippen molar-refractivity contribution in [2.24, 2.45) is 23.7 Å². The normalized spacial score (nSPS) is 23.1. The van der Waals surface area contributed by atoms with E-state index in [2.05, 4.69) is 20.0 Å². The first-order chi connectivity index (χ1) is 16.8. The minimum absolute atomic E-state index is 0.0344. The van der Waals surface area contributed by atoms with Crippen LogP contribution < -0.4 is 16.9 Å². The first kappa shape index (κ1) is 25.5. The van der Waals surface area contributed by atoms with Crippen LogP contribution in [0.5, 0.6) is 0 Å². The lowest BCUT2D eigenvalue weighted by atomic mass is 9.92. The molecule has 2 fully saturated rings. The van der Waals surface area contributed by atoms with E-state index in [1.807, 2.05) is 0 Å². The molecule has 190 valence electrons. The van der Waals surface area contributed by atoms with Crippen molar-refractivity contribution in [3.63, 3.8) is 0 Å². The number of hydrogen-bond donors (Lipinski definition) is 3. The lowest BCUT2D eigenvalue weighted by Crippen LogP contribution is -2.64. The molecule has 1 aromatic heterocycles. The van der Waals surface area contributed by atoms with E-state index >= 15 is 0 Å². The number of carboxylic acid groups (broad SMARTS) is 1. The van der Waals surface area contributed by atoms with Gasteiger partial charge in [-0.2, -0.15) is 4.98 Å². The summed E-state index contributed by atoms with van der Waals surface area (Å²) in [5.41, 5.74) is 4.39. The van der Waals surface area contributed by atoms with Crippen molar-refractivity contribution in [2.75, 3.05) is 31.1 Å². The van der Waals surface area contributed by atoms with Crippen molar-refractivity contribution in [3.05, 3.63) is 32.0 Å². The van der Waals surface area contributed by atoms with Gasteiger partial charge in [0.15, 0.2) is 11.2 Å². The molecule has 4 rings (SSSR count). The van der Waals surface area contributed by atoms with Gasteiger partial charge in [0, 0.05) is 31.6 Å². The number of likely N-dealkylation sites (tertiary alicyclic amines) is 1. The summed E-state index contributed by atoms with van der Waals surface area (Å²) in [6.07, 6.45) is 6.10. The molecule has 0 aromatic carbocycles. The van der Waals surface area contributed by atoms with Gasteiger partial charge in [-0.15, -0.1) is 11.8 Å². The number of thioether (sulfide) groups is 2. The van der Waals surface area contributed by atoms with E-state index in [0.29, 0.717) is 17.2 Å². The Morgan fingerprint density at radius 2 is 2.09 bits per heavy atom. The monoisotopic (exact) mass is 523 g/mol. The van der Waals surface area contributed by atoms with Gasteiger partial charge in [-0.3, -0.25) is 34.1 Å². The molecule has 3 aliphatic heterocycles. The van der Waals surface area contributed by atoms with Crippen LogP contribution in [0.4, 0.5) is 0 Å². The summed E-state index contributed by atoms with van der Waals surface area (Å²) < 4.78 is 1.31. The van der Waals surface area contributed by atoms with Gasteiger partial charge in [0.25, 0.3) is 5.91 Å². The number of carboxylic acids is 1. The maximum absolute atomic E-state index is 12.9. The molecular weight excluding hydrogens is 494 g/mol. The fourth-order valence-corrected chi connectivity index (χ4v) is 6.85. The molecule has 1 aromatic rings. The average Bonchev–Trinajstić information content (AvgIpc) is 2.84. The van der Waals surface area contributed by atoms with Crippen LogP contribution in [0.25, 0.3) is 0 Å². The molecule has 0 saturated carbocycles. The summed E-state index contributed by atoms with van der Waals surface area (Å²) in [7, 11) is 1.54. The Labute approximate surface area is 210 Å². The zero-order valence-corrected chi connectivity index (χ0v) is 21.0. The number of carbonyl (C=O) groups is 2. The standard InChI is InChI=1S/C21H29N7O5S2/c1-26-21(24-16(29)17(30)25-26)35-10-13-9-34-19-14(18(31)28(19)15(13)20(32)33)23-11-27-7-4-12(5-8-27)3-2-6-22/h11-12,14,19H,2-10,22H2,1H3,(H,25,30)(H,32,33)/b23-11+/t14?,19-/m1/s1. The fourth-order valence-electron chi connectivity index (χ4n) is 4.45. The second-order valence-corrected chi connectivity index (χ2v) is 10.8. The number of H-pyrrole nitrogens is 1. The van der Waals surface area contributed by atoms with Crippen molar-refractivity contribution in [2.45, 2.75) is 42.3 Å². The van der Waals surface area contributed by atoms with Crippen LogP contribution in [-0.4, -0.2) is 90.4 Å². The van der Waals surface area contributed by atoms with Gasteiger partial charge in [0.2, 0.25) is 0 Å². The molecule has 0 bridgehead atoms. The highest BCUT2D eigenvalue weighted by molar-refractivity contribution is 8.01. The molecule has 0 spiro atoms. The Hall–Kier alpha value is -2.58. The van der Waals surface area contributed by atoms with Crippen LogP contribution in [0.3, 0.4) is 0 Å². The number of nitrogens with two attached hydrogens (primary N) is 1. The lowest BCUT2D eigenvalue weighted by molar-refractivity contribution is -0.147. The number of nitrogens with zero attached hydrogens (tertiary/aromatic N) is 5. The molecule has 4 N–H and O–H groups in total. The van der Waals surface area contributed by atoms with Crippen LogP contribution in [0.2, 0.25) is 0 Å². The largest absolute Gasteiger partial charge is 0.477 e. The number of aryl methyl sites for hydroxylation is 1. The molecule has 2 atom stereocenters. The third-order valence-corrected chi connectivity index (χ3v) is 8.84. The third-order valence-electron chi connectivity index (χ3n) is 6.40. The minimum atomic E-state index is -1.18. The van der Waals surface area contributed by atoms with E-state index in [1.54, 1.807) is 13.4 Å². The molecule has 3 aliphatic rings. The predicted molar refractivity (Wildman–Crippen MR) is 133 cm³/mol. The van der Waals surface area contributed by atoms with Gasteiger partial charge >= 0.3 is 17.1 Å². The van der Waals surface area contributed by atoms with E-state index in [-0.39, 0.29) is 27.9 Å². The number of fused-ring (bicyclic) bond motifs is 1. The maximum Gasteiger partial charge on any atom is 0.352 e. The summed E-state index contributed by atoms with van der Waals surface area (Å²) >= 11 is 2.60. The maximum atomic E-state index is 12.9. The van der Waals surface area contributed by atoms with Crippen LogP contribution >= 0.6 is 23.5 Å². The molecule has 2 saturated heterocycles. The zero-order chi connectivity index (χ0) is 25.1. The van der Waals surface area contributed by atoms with E-state index in [4.69, 9.17) is 5.73 Å². The molecule has 1 unspecified atom stereocenters. The number of aromatic nitrogens is 3. The van der Waals surface area contributed by atoms with Gasteiger partial charge in [0.1, 0.15) is 11.1 Å². The summed E-state index contributed by atoms with van der Waals surface area (Å²) in [6.45, 7) is 2.51. The highest BCUT2D eigenvalue weighted by Gasteiger charge is 2.53. The molecular formula is C21H29N7O5S2. The molecule has 14 heteroatoms. The zero-order valence-electron chi connectivity index (χ0n) is 19.4. The molecule has 0 radical (unpaired) electrons. The van der Waals surface area contributed by atoms with Crippen LogP contribution in [0.1, 0.15) is 25.7 Å². The molecule has 1 amide bonds. The minimum Gasteiger partial charge on any atom is -0.477 e. The molecule has 35 heavy (non-hydrogen) atoms. The van der Waals surface area contributed by atoms with Gasteiger partial charge in [-0.1, -0.05) is 11.8 Å². The number of aromatic amines is 1. The first-order valence-electron chi connectivity index (χ1n) is 11.5. The van der Waals surface area contributed by atoms with Crippen molar-refractivity contribution < 1.29 is 14.7 Å².